The first-order valence-corrected chi connectivity index (χ1v) is 12.6. The predicted molar refractivity (Wildman–Crippen MR) is 140 cm³/mol. The van der Waals surface area contributed by atoms with Crippen LogP contribution in [0, 0.1) is 22.7 Å². The number of nitrogens with one attached hydrogen (secondary N) is 1. The number of carbonyl (C=O) groups excluding carboxylic acids is 1. The molecule has 4 aromatic rings. The number of benzene rings is 2. The van der Waals surface area contributed by atoms with Gasteiger partial charge in [-0.1, -0.05) is 55.4 Å². The zero-order valence-corrected chi connectivity index (χ0v) is 20.9. The molecule has 2 aromatic heterocycles. The summed E-state index contributed by atoms with van der Waals surface area (Å²) in [6.45, 7) is 2.68. The summed E-state index contributed by atoms with van der Waals surface area (Å²) in [6, 6.07) is 19.7. The second-order valence-electron chi connectivity index (χ2n) is 8.14. The van der Waals surface area contributed by atoms with Gasteiger partial charge in [0.25, 0.3) is 5.82 Å². The van der Waals surface area contributed by atoms with Crippen molar-refractivity contribution in [3.8, 4) is 29.0 Å². The molecule has 0 bridgehead atoms. The Morgan fingerprint density at radius 3 is 2.54 bits per heavy atom. The lowest BCUT2D eigenvalue weighted by Crippen LogP contribution is -2.20. The molecule has 0 fully saturated rings. The lowest BCUT2D eigenvalue weighted by molar-refractivity contribution is -0.410. The first-order chi connectivity index (χ1) is 18.0. The molecule has 8 nitrogen and oxygen atoms in total. The van der Waals surface area contributed by atoms with E-state index in [1.807, 2.05) is 0 Å². The van der Waals surface area contributed by atoms with Gasteiger partial charge in [-0.3, -0.25) is 10.5 Å². The average Bonchev–Trinajstić information content (AvgIpc) is 2.91. The van der Waals surface area contributed by atoms with Crippen molar-refractivity contribution in [2.75, 3.05) is 18.1 Å². The lowest BCUT2D eigenvalue weighted by atomic mass is 9.97. The molecule has 0 saturated heterocycles. The van der Waals surface area contributed by atoms with Gasteiger partial charge in [-0.15, -0.1) is 0 Å². The fraction of sp³-hybridized carbons (Fsp3) is 0.179. The Labute approximate surface area is 217 Å². The van der Waals surface area contributed by atoms with Gasteiger partial charge in [0.2, 0.25) is 0 Å². The quantitative estimate of drug-likeness (QED) is 0.147. The molecule has 2 heterocycles. The van der Waals surface area contributed by atoms with Crippen molar-refractivity contribution in [3.63, 3.8) is 0 Å². The van der Waals surface area contributed by atoms with Crippen LogP contribution in [0.25, 0.3) is 22.1 Å². The predicted octanol–water partition coefficient (Wildman–Crippen LogP) is 4.75. The number of para-hydroxylation sites is 1. The van der Waals surface area contributed by atoms with Gasteiger partial charge in [0.05, 0.1) is 12.4 Å². The summed E-state index contributed by atoms with van der Waals surface area (Å²) in [5.74, 6) is 0.141. The number of fused-ring (bicyclic) bond motifs is 1. The van der Waals surface area contributed by atoms with E-state index in [9.17, 15) is 20.1 Å². The van der Waals surface area contributed by atoms with Crippen molar-refractivity contribution in [1.29, 1.82) is 10.5 Å². The first-order valence-electron chi connectivity index (χ1n) is 11.6. The number of ketones is 1. The van der Waals surface area contributed by atoms with Gasteiger partial charge in [-0.25, -0.2) is 9.78 Å². The number of aromatic nitrogens is 1. The third-order valence-electron chi connectivity index (χ3n) is 5.67. The van der Waals surface area contributed by atoms with Crippen molar-refractivity contribution < 1.29 is 18.9 Å². The van der Waals surface area contributed by atoms with Crippen LogP contribution in [0.1, 0.15) is 41.3 Å². The van der Waals surface area contributed by atoms with Crippen LogP contribution in [-0.2, 0) is 0 Å². The van der Waals surface area contributed by atoms with E-state index < -0.39 is 11.4 Å². The molecule has 2 aromatic carbocycles. The summed E-state index contributed by atoms with van der Waals surface area (Å²) < 4.78 is 11.0. The van der Waals surface area contributed by atoms with Crippen molar-refractivity contribution in [2.24, 2.45) is 0 Å². The van der Waals surface area contributed by atoms with Gasteiger partial charge in [-0.05, 0) is 36.2 Å². The van der Waals surface area contributed by atoms with Crippen molar-refractivity contribution in [2.45, 2.75) is 24.8 Å². The molecule has 0 saturated carbocycles. The highest BCUT2D eigenvalue weighted by Gasteiger charge is 2.25. The SMILES string of the molecule is CCCCOc1ccc(-c2c(C#N)c(N)[nH+]c(SCC(=O)c3cc4ccccc4oc3=O)c2C#N)cc1. The van der Waals surface area contributed by atoms with Crippen LogP contribution in [0.15, 0.2) is 68.8 Å². The molecule has 0 unspecified atom stereocenters. The van der Waals surface area contributed by atoms with E-state index in [1.165, 1.54) is 6.07 Å². The highest BCUT2D eigenvalue weighted by atomic mass is 32.2. The van der Waals surface area contributed by atoms with Crippen LogP contribution in [0.5, 0.6) is 5.75 Å². The number of carbonyl (C=O) groups is 1. The Hall–Kier alpha value is -4.60. The van der Waals surface area contributed by atoms with Gasteiger partial charge in [0.1, 0.15) is 40.2 Å². The summed E-state index contributed by atoms with van der Waals surface area (Å²) in [5.41, 5.74) is 6.99. The second-order valence-corrected chi connectivity index (χ2v) is 9.13. The van der Waals surface area contributed by atoms with Gasteiger partial charge < -0.3 is 9.15 Å². The zero-order valence-electron chi connectivity index (χ0n) is 20.0. The van der Waals surface area contributed by atoms with E-state index in [0.29, 0.717) is 39.5 Å². The number of H-pyrrole nitrogens is 1. The molecule has 9 heteroatoms. The van der Waals surface area contributed by atoms with E-state index in [-0.39, 0.29) is 28.3 Å². The number of pyridine rings is 1. The van der Waals surface area contributed by atoms with E-state index in [1.54, 1.807) is 48.5 Å². The number of ether oxygens (including phenoxy) is 1. The summed E-state index contributed by atoms with van der Waals surface area (Å²) in [6.07, 6.45) is 1.95. The number of hydrogen-bond donors (Lipinski definition) is 1. The number of nitrogens with zero attached hydrogens (tertiary/aromatic N) is 2. The van der Waals surface area contributed by atoms with Crippen molar-refractivity contribution >= 4 is 34.3 Å². The largest absolute Gasteiger partial charge is 0.494 e. The number of anilines is 1. The van der Waals surface area contributed by atoms with E-state index in [2.05, 4.69) is 24.0 Å². The van der Waals surface area contributed by atoms with Gasteiger partial charge >= 0.3 is 5.63 Å². The van der Waals surface area contributed by atoms with Crippen LogP contribution >= 0.6 is 11.8 Å². The smallest absolute Gasteiger partial charge is 0.347 e. The number of Topliss-reactive ketones (excluding diaryl/α,β-unsaturated/α-hetero) is 1. The lowest BCUT2D eigenvalue weighted by Gasteiger charge is -2.11. The molecule has 184 valence electrons. The summed E-state index contributed by atoms with van der Waals surface area (Å²) in [5, 5.41) is 20.7. The molecule has 3 N–H and O–H groups in total. The van der Waals surface area contributed by atoms with Gasteiger partial charge in [-0.2, -0.15) is 10.5 Å². The molecule has 0 atom stereocenters. The maximum Gasteiger partial charge on any atom is 0.347 e. The van der Waals surface area contributed by atoms with Gasteiger partial charge in [0, 0.05) is 10.9 Å². The number of hydrogen-bond acceptors (Lipinski definition) is 8. The van der Waals surface area contributed by atoms with Crippen LogP contribution in [0.2, 0.25) is 0 Å². The molecule has 0 spiro atoms. The number of nitriles is 2. The number of rotatable bonds is 9. The molecule has 0 radical (unpaired) electrons. The monoisotopic (exact) mass is 511 g/mol. The molecule has 0 aliphatic heterocycles. The van der Waals surface area contributed by atoms with Gasteiger partial charge in [0.15, 0.2) is 10.8 Å². The molecule has 37 heavy (non-hydrogen) atoms. The number of thioether (sulfide) groups is 1. The average molecular weight is 512 g/mol. The number of nitrogens with two attached hydrogens (primary N) is 1. The molecule has 0 aliphatic carbocycles. The van der Waals surface area contributed by atoms with E-state index in [0.717, 1.165) is 24.6 Å². The normalized spacial score (nSPS) is 10.6. The summed E-state index contributed by atoms with van der Waals surface area (Å²) in [4.78, 5) is 28.2. The minimum atomic E-state index is -0.727. The first kappa shape index (κ1) is 25.5. The second kappa shape index (κ2) is 11.4. The molecular formula is C28H23N4O4S+. The summed E-state index contributed by atoms with van der Waals surface area (Å²) >= 11 is 1.03. The number of nitrogen functional groups attached to an aromatic ring is 1. The minimum Gasteiger partial charge on any atom is -0.494 e. The third kappa shape index (κ3) is 5.48. The van der Waals surface area contributed by atoms with E-state index in [4.69, 9.17) is 14.9 Å². The Balaban J connectivity index is 1.65. The molecular weight excluding hydrogens is 488 g/mol. The Bertz CT molecular complexity index is 1620. The maximum absolute atomic E-state index is 12.9. The highest BCUT2D eigenvalue weighted by molar-refractivity contribution is 7.99. The van der Waals surface area contributed by atoms with E-state index >= 15 is 0 Å². The fourth-order valence-electron chi connectivity index (χ4n) is 3.76. The van der Waals surface area contributed by atoms with Crippen LogP contribution < -0.4 is 21.1 Å². The van der Waals surface area contributed by atoms with Crippen LogP contribution in [0.3, 0.4) is 0 Å². The summed E-state index contributed by atoms with van der Waals surface area (Å²) in [7, 11) is 0. The maximum atomic E-state index is 12.9. The highest BCUT2D eigenvalue weighted by Crippen LogP contribution is 2.34. The Morgan fingerprint density at radius 1 is 1.11 bits per heavy atom. The molecule has 4 rings (SSSR count). The standard InChI is InChI=1S/C28H22N4O4S/c1-2-3-12-35-19-10-8-17(9-11-19)25-21(14-29)26(31)32-27(22(25)15-30)37-16-23(33)20-13-18-6-4-5-7-24(18)36-28(20)34/h4-11,13H,2-3,12,16H2,1H3,(H2,31,32)/p+1. The Kier molecular flexibility index (Phi) is 7.87. The molecule has 0 amide bonds. The molecule has 0 aliphatic rings. The van der Waals surface area contributed by atoms with Crippen molar-refractivity contribution in [3.05, 3.63) is 81.7 Å². The van der Waals surface area contributed by atoms with Crippen LogP contribution in [-0.4, -0.2) is 18.1 Å². The van der Waals surface area contributed by atoms with Crippen molar-refractivity contribution in [1.82, 2.24) is 0 Å². The third-order valence-corrected chi connectivity index (χ3v) is 6.67. The zero-order chi connectivity index (χ0) is 26.4. The topological polar surface area (TPSA) is 144 Å². The number of aromatic amines is 1. The fourth-order valence-corrected chi connectivity index (χ4v) is 4.67. The minimum absolute atomic E-state index is 0.0694. The Morgan fingerprint density at radius 2 is 1.84 bits per heavy atom. The van der Waals surface area contributed by atoms with Crippen LogP contribution in [0.4, 0.5) is 5.82 Å². The number of unbranched alkanes of at least 4 members (excludes halogenated alkanes) is 1.